The number of carbonyl (C=O) groups excluding carboxylic acids is 3. The Balaban J connectivity index is 0.659. The number of sulfonamides is 1. The average Bonchev–Trinajstić information content (AvgIpc) is 3.54. The van der Waals surface area contributed by atoms with Gasteiger partial charge in [0.05, 0.1) is 40.9 Å². The number of halogens is 1. The molecule has 5 heterocycles. The lowest BCUT2D eigenvalue weighted by molar-refractivity contribution is -0.144. The van der Waals surface area contributed by atoms with Crippen LogP contribution >= 0.6 is 22.9 Å². The van der Waals surface area contributed by atoms with Gasteiger partial charge in [-0.25, -0.2) is 18.4 Å². The first-order chi connectivity index (χ1) is 40.4. The molecule has 4 atom stereocenters. The number of morpholine rings is 1. The number of likely N-dealkylation sites (tertiary alicyclic amines) is 1. The largest absolute Gasteiger partial charge is 0.497 e. The van der Waals surface area contributed by atoms with Crippen molar-refractivity contribution in [3.8, 4) is 33.5 Å². The smallest absolute Gasteiger partial charge is 0.263 e. The van der Waals surface area contributed by atoms with Gasteiger partial charge >= 0.3 is 0 Å². The number of thiazole rings is 1. The predicted molar refractivity (Wildman–Crippen MR) is 323 cm³/mol. The van der Waals surface area contributed by atoms with E-state index >= 15 is 0 Å². The Bertz CT molecular complexity index is 3250. The van der Waals surface area contributed by atoms with Crippen LogP contribution in [0.4, 0.5) is 5.69 Å². The molecule has 0 unspecified atom stereocenters. The predicted octanol–water partition coefficient (Wildman–Crippen LogP) is 8.27. The molecule has 8 rings (SSSR count). The van der Waals surface area contributed by atoms with Crippen molar-refractivity contribution < 1.29 is 51.6 Å². The van der Waals surface area contributed by atoms with Crippen LogP contribution in [-0.2, 0) is 45.2 Å². The van der Waals surface area contributed by atoms with Gasteiger partial charge < -0.3 is 44.3 Å². The van der Waals surface area contributed by atoms with Crippen LogP contribution in [0.1, 0.15) is 95.5 Å². The standard InChI is InChI=1S/C60H79ClN10O11S2/c1-39-52-56(68-67-39)65-55(43-19-21-44(22-20-43)69-84(76,77)50-32-46(78-6)23-24-48(50)61)66-58(52)82-36-47-35-70(26-30-81-47)25-11-7-8-12-27-79-28-13-9-10-14-29-80-37-51(73)64-54(60(3,4)5)59(75)71-34-45(72)31-49(71)57(74)62-33-41-15-17-42(18-16-41)53-40(2)63-38-83-53/h15-24,32,38,45,47,49,54,69,72H,7-14,25-31,33-37H2,1-6H3,(H,62,74)(H,64,73)(H,65,66,67,68)/t45-,47-,49+,54-/m1/s1. The fourth-order valence-electron chi connectivity index (χ4n) is 10.1. The number of aliphatic hydroxyl groups is 1. The number of H-pyrrole nitrogens is 1. The normalized spacial score (nSPS) is 17.1. The van der Waals surface area contributed by atoms with Crippen molar-refractivity contribution >= 4 is 67.4 Å². The third-order valence-electron chi connectivity index (χ3n) is 14.8. The number of hydrogen-bond donors (Lipinski definition) is 5. The number of aliphatic hydroxyl groups excluding tert-OH is 1. The lowest BCUT2D eigenvalue weighted by atomic mass is 9.85. The Morgan fingerprint density at radius 3 is 2.30 bits per heavy atom. The number of methoxy groups -OCH3 is 1. The number of carbonyl (C=O) groups is 3. The van der Waals surface area contributed by atoms with E-state index in [0.29, 0.717) is 66.2 Å². The van der Waals surface area contributed by atoms with Gasteiger partial charge in [0.1, 0.15) is 47.4 Å². The topological polar surface area (TPSA) is 262 Å². The molecule has 2 aliphatic heterocycles. The van der Waals surface area contributed by atoms with Crippen LogP contribution < -0.4 is 24.8 Å². The summed E-state index contributed by atoms with van der Waals surface area (Å²) in [6.45, 7) is 14.8. The van der Waals surface area contributed by atoms with Crippen LogP contribution in [0.3, 0.4) is 0 Å². The van der Waals surface area contributed by atoms with Gasteiger partial charge in [0.25, 0.3) is 10.0 Å². The van der Waals surface area contributed by atoms with Crippen molar-refractivity contribution in [1.29, 1.82) is 0 Å². The van der Waals surface area contributed by atoms with Crippen LogP contribution in [0.2, 0.25) is 5.02 Å². The van der Waals surface area contributed by atoms with E-state index in [4.69, 9.17) is 40.3 Å². The van der Waals surface area contributed by atoms with E-state index in [9.17, 15) is 27.9 Å². The maximum Gasteiger partial charge on any atom is 0.263 e. The van der Waals surface area contributed by atoms with Crippen molar-refractivity contribution in [2.45, 2.75) is 128 Å². The highest BCUT2D eigenvalue weighted by molar-refractivity contribution is 7.92. The molecule has 6 aromatic rings. The molecule has 3 amide bonds. The molecule has 454 valence electrons. The Labute approximate surface area is 501 Å². The molecule has 84 heavy (non-hydrogen) atoms. The number of anilines is 1. The summed E-state index contributed by atoms with van der Waals surface area (Å²) in [5, 5.41) is 24.5. The molecule has 0 spiro atoms. The highest BCUT2D eigenvalue weighted by Gasteiger charge is 2.44. The van der Waals surface area contributed by atoms with E-state index in [1.165, 1.54) is 24.1 Å². The Hall–Kier alpha value is -6.31. The quantitative estimate of drug-likeness (QED) is 0.0266. The molecular formula is C60H79ClN10O11S2. The number of ether oxygens (including phenoxy) is 5. The molecule has 0 bridgehead atoms. The minimum absolute atomic E-state index is 0.000631. The molecule has 3 aromatic heterocycles. The fraction of sp³-hybridized carbons (Fsp3) is 0.517. The van der Waals surface area contributed by atoms with E-state index in [1.54, 1.807) is 41.7 Å². The van der Waals surface area contributed by atoms with E-state index < -0.39 is 45.4 Å². The van der Waals surface area contributed by atoms with Gasteiger partial charge in [-0.15, -0.1) is 11.3 Å². The number of nitrogens with zero attached hydrogens (tertiary/aromatic N) is 6. The molecule has 5 N–H and O–H groups in total. The summed E-state index contributed by atoms with van der Waals surface area (Å²) in [5.74, 6) is -0.0721. The van der Waals surface area contributed by atoms with Crippen molar-refractivity contribution in [3.63, 3.8) is 0 Å². The number of unbranched alkanes of at least 4 members (excludes halogenated alkanes) is 6. The number of fused-ring (bicyclic) bond motifs is 1. The van der Waals surface area contributed by atoms with Gasteiger partial charge in [-0.05, 0) is 99.0 Å². The number of aromatic nitrogens is 5. The summed E-state index contributed by atoms with van der Waals surface area (Å²) >= 11 is 7.80. The van der Waals surface area contributed by atoms with Crippen molar-refractivity contribution in [2.24, 2.45) is 5.41 Å². The number of rotatable bonds is 30. The SMILES string of the molecule is COc1ccc(Cl)c(S(=O)(=O)Nc2ccc(-c3nc(OC[C@H]4CN(CCCCCCOCCCCCCOCC(=O)N[C@H](C(=O)N5C[C@H](O)C[C@H]5C(=O)NCc5ccc(-c6scnc6C)cc5)C(C)(C)C)CCO4)c4c(C)[nH]nc4n3)cc2)c1. The zero-order valence-electron chi connectivity index (χ0n) is 48.8. The molecule has 0 radical (unpaired) electrons. The van der Waals surface area contributed by atoms with E-state index in [0.717, 1.165) is 105 Å². The van der Waals surface area contributed by atoms with Crippen molar-refractivity contribution in [2.75, 3.05) is 77.7 Å². The van der Waals surface area contributed by atoms with Gasteiger partial charge in [-0.2, -0.15) is 10.1 Å². The van der Waals surface area contributed by atoms with Crippen LogP contribution in [0.25, 0.3) is 32.9 Å². The third-order valence-corrected chi connectivity index (χ3v) is 17.6. The van der Waals surface area contributed by atoms with Gasteiger partial charge in [0.2, 0.25) is 23.6 Å². The molecule has 21 nitrogen and oxygen atoms in total. The minimum atomic E-state index is -4.01. The Morgan fingerprint density at radius 1 is 0.905 bits per heavy atom. The molecule has 2 saturated heterocycles. The van der Waals surface area contributed by atoms with Crippen LogP contribution in [0.5, 0.6) is 11.6 Å². The van der Waals surface area contributed by atoms with Gasteiger partial charge in [0.15, 0.2) is 11.5 Å². The number of hydrogen-bond acceptors (Lipinski definition) is 17. The van der Waals surface area contributed by atoms with Crippen LogP contribution in [0, 0.1) is 19.3 Å². The number of amides is 3. The molecular weight excluding hydrogens is 1140 g/mol. The maximum atomic E-state index is 14.0. The van der Waals surface area contributed by atoms with Crippen molar-refractivity contribution in [1.82, 2.24) is 45.6 Å². The fourth-order valence-corrected chi connectivity index (χ4v) is 12.5. The van der Waals surface area contributed by atoms with E-state index in [-0.39, 0.29) is 48.0 Å². The summed E-state index contributed by atoms with van der Waals surface area (Å²) in [7, 11) is -2.56. The molecule has 2 aliphatic rings. The number of aryl methyl sites for hydroxylation is 2. The molecule has 3 aromatic carbocycles. The Morgan fingerprint density at radius 2 is 1.61 bits per heavy atom. The van der Waals surface area contributed by atoms with Gasteiger partial charge in [-0.3, -0.25) is 29.1 Å². The van der Waals surface area contributed by atoms with E-state index in [1.807, 2.05) is 64.4 Å². The number of β-amino-alcohol motifs (C(OH)–C–C–N with tert-alkyl or cyclic N) is 1. The zero-order chi connectivity index (χ0) is 59.8. The second kappa shape index (κ2) is 30.2. The summed E-state index contributed by atoms with van der Waals surface area (Å²) in [6, 6.07) is 17.2. The van der Waals surface area contributed by atoms with E-state index in [2.05, 4.69) is 40.4 Å². The minimum Gasteiger partial charge on any atom is -0.497 e. The van der Waals surface area contributed by atoms with Crippen LogP contribution in [0.15, 0.2) is 77.1 Å². The summed E-state index contributed by atoms with van der Waals surface area (Å²) in [6.07, 6.45) is 7.02. The summed E-state index contributed by atoms with van der Waals surface area (Å²) in [5.41, 5.74) is 6.24. The lowest BCUT2D eigenvalue weighted by Gasteiger charge is -2.35. The van der Waals surface area contributed by atoms with Crippen molar-refractivity contribution in [3.05, 3.63) is 94.2 Å². The number of aromatic amines is 1. The molecule has 2 fully saturated rings. The first-order valence-corrected chi connectivity index (χ1v) is 31.5. The molecule has 0 saturated carbocycles. The first kappa shape index (κ1) is 63.7. The number of benzene rings is 3. The monoisotopic (exact) mass is 1210 g/mol. The average molecular weight is 1220 g/mol. The molecule has 0 aliphatic carbocycles. The second-order valence-corrected chi connectivity index (χ2v) is 25.3. The molecule has 24 heteroatoms. The maximum absolute atomic E-state index is 14.0. The highest BCUT2D eigenvalue weighted by Crippen LogP contribution is 2.33. The third kappa shape index (κ3) is 17.6. The summed E-state index contributed by atoms with van der Waals surface area (Å²) < 4.78 is 58.2. The number of nitrogens with one attached hydrogen (secondary N) is 4. The highest BCUT2D eigenvalue weighted by atomic mass is 35.5. The van der Waals surface area contributed by atoms with Gasteiger partial charge in [0, 0.05) is 75.4 Å². The zero-order valence-corrected chi connectivity index (χ0v) is 51.2. The summed E-state index contributed by atoms with van der Waals surface area (Å²) in [4.78, 5) is 59.1. The lowest BCUT2D eigenvalue weighted by Crippen LogP contribution is -2.58. The van der Waals surface area contributed by atoms with Gasteiger partial charge in [-0.1, -0.05) is 82.3 Å². The first-order valence-electron chi connectivity index (χ1n) is 28.7. The Kier molecular flexibility index (Phi) is 22.9. The van der Waals surface area contributed by atoms with Crippen LogP contribution in [-0.4, -0.2) is 163 Å². The second-order valence-electron chi connectivity index (χ2n) is 22.4.